The van der Waals surface area contributed by atoms with Gasteiger partial charge < -0.3 is 31.7 Å². The lowest BCUT2D eigenvalue weighted by Crippen LogP contribution is -2.51. The van der Waals surface area contributed by atoms with Crippen molar-refractivity contribution in [1.29, 1.82) is 0 Å². The van der Waals surface area contributed by atoms with Crippen LogP contribution in [-0.4, -0.2) is 65.7 Å². The lowest BCUT2D eigenvalue weighted by Gasteiger charge is -2.25. The number of urea groups is 1. The van der Waals surface area contributed by atoms with Gasteiger partial charge in [-0.15, -0.1) is 10.2 Å². The number of carbonyl (C=O) groups is 5. The van der Waals surface area contributed by atoms with E-state index in [0.29, 0.717) is 29.5 Å². The molecule has 15 heteroatoms. The smallest absolute Gasteiger partial charge is 0.435 e. The molecule has 1 unspecified atom stereocenters. The first-order valence-corrected chi connectivity index (χ1v) is 14.3. The quantitative estimate of drug-likeness (QED) is 0.220. The minimum Gasteiger partial charge on any atom is -0.443 e. The number of ether oxygens (including phenoxy) is 1. The van der Waals surface area contributed by atoms with E-state index in [-0.39, 0.29) is 25.0 Å². The molecule has 15 nitrogen and oxygen atoms in total. The van der Waals surface area contributed by atoms with Gasteiger partial charge in [-0.3, -0.25) is 19.8 Å². The van der Waals surface area contributed by atoms with Crippen LogP contribution in [0.5, 0.6) is 0 Å². The van der Waals surface area contributed by atoms with E-state index in [9.17, 15) is 24.0 Å². The van der Waals surface area contributed by atoms with Gasteiger partial charge in [0, 0.05) is 24.7 Å². The fraction of sp³-hybridized carbons (Fsp3) is 0.367. The summed E-state index contributed by atoms with van der Waals surface area (Å²) in [5, 5.41) is 19.5. The summed E-state index contributed by atoms with van der Waals surface area (Å²) < 4.78 is 5.40. The molecule has 0 fully saturated rings. The van der Waals surface area contributed by atoms with Crippen molar-refractivity contribution in [2.75, 3.05) is 18.4 Å². The number of amidine groups is 2. The molecule has 0 saturated heterocycles. The summed E-state index contributed by atoms with van der Waals surface area (Å²) >= 11 is 0. The average Bonchev–Trinajstić information content (AvgIpc) is 3.01. The van der Waals surface area contributed by atoms with Crippen LogP contribution in [-0.2, 0) is 25.7 Å². The Morgan fingerprint density at radius 1 is 0.978 bits per heavy atom. The van der Waals surface area contributed by atoms with Gasteiger partial charge in [0.05, 0.1) is 6.54 Å². The van der Waals surface area contributed by atoms with E-state index in [1.54, 1.807) is 45.0 Å². The number of hydrazine groups is 1. The molecule has 1 aliphatic heterocycles. The van der Waals surface area contributed by atoms with E-state index < -0.39 is 30.0 Å². The highest BCUT2D eigenvalue weighted by Gasteiger charge is 2.24. The van der Waals surface area contributed by atoms with E-state index in [0.717, 1.165) is 12.0 Å². The molecule has 2 aromatic carbocycles. The van der Waals surface area contributed by atoms with Gasteiger partial charge in [-0.25, -0.2) is 9.59 Å². The van der Waals surface area contributed by atoms with Crippen molar-refractivity contribution < 1.29 is 28.7 Å². The third-order valence-corrected chi connectivity index (χ3v) is 5.95. The van der Waals surface area contributed by atoms with Crippen LogP contribution in [0.4, 0.5) is 15.3 Å². The maximum atomic E-state index is 12.6. The Bertz CT molecular complexity index is 1380. The largest absolute Gasteiger partial charge is 0.443 e. The van der Waals surface area contributed by atoms with Gasteiger partial charge in [0.15, 0.2) is 11.7 Å². The lowest BCUT2D eigenvalue weighted by atomic mass is 10.0. The normalized spacial score (nSPS) is 12.6. The van der Waals surface area contributed by atoms with Gasteiger partial charge >= 0.3 is 12.1 Å². The number of nitrogens with zero attached hydrogens (tertiary/aromatic N) is 3. The van der Waals surface area contributed by atoms with Crippen molar-refractivity contribution in [3.63, 3.8) is 0 Å². The molecule has 0 bridgehead atoms. The van der Waals surface area contributed by atoms with Crippen molar-refractivity contribution in [3.8, 4) is 0 Å². The van der Waals surface area contributed by atoms with Crippen LogP contribution in [0.3, 0.4) is 0 Å². The molecular weight excluding hydrogens is 582 g/mol. The van der Waals surface area contributed by atoms with E-state index in [1.165, 1.54) is 11.9 Å². The Morgan fingerprint density at radius 3 is 2.20 bits per heavy atom. The molecule has 0 aliphatic carbocycles. The van der Waals surface area contributed by atoms with Crippen LogP contribution in [0.2, 0.25) is 0 Å². The number of anilines is 1. The molecule has 3 rings (SSSR count). The number of hydrogen-bond donors (Lipinski definition) is 6. The SMILES string of the molecule is CC(=O)NC(C(=O)NCC(=O)Nc1ccc(COC(=O)N2NC(c3ccccc3)=NN=C2C)cc1)C(C)C.CCCNC(N)=O. The van der Waals surface area contributed by atoms with E-state index in [4.69, 9.17) is 10.5 Å². The summed E-state index contributed by atoms with van der Waals surface area (Å²) in [4.78, 5) is 58.4. The predicted molar refractivity (Wildman–Crippen MR) is 170 cm³/mol. The van der Waals surface area contributed by atoms with Gasteiger partial charge in [-0.2, -0.15) is 5.01 Å². The number of amides is 6. The van der Waals surface area contributed by atoms with Crippen LogP contribution < -0.4 is 32.4 Å². The predicted octanol–water partition coefficient (Wildman–Crippen LogP) is 2.20. The highest BCUT2D eigenvalue weighted by atomic mass is 16.6. The Morgan fingerprint density at radius 2 is 1.64 bits per heavy atom. The molecule has 0 aromatic heterocycles. The van der Waals surface area contributed by atoms with E-state index in [2.05, 4.69) is 36.9 Å². The molecule has 1 aliphatic rings. The first kappa shape index (κ1) is 35.7. The number of nitrogens with one attached hydrogen (secondary N) is 5. The van der Waals surface area contributed by atoms with E-state index in [1.807, 2.05) is 37.3 Å². The molecule has 7 N–H and O–H groups in total. The third-order valence-electron chi connectivity index (χ3n) is 5.95. The fourth-order valence-corrected chi connectivity index (χ4v) is 3.65. The standard InChI is InChI=1S/C26H31N7O5.C4H10N2O/c1-16(2)23(28-18(4)34)25(36)27-14-22(35)29-21-12-10-19(11-13-21)15-38-26(37)33-17(3)30-31-24(32-33)20-8-6-5-7-9-20;1-2-3-6-4(5)7/h5-13,16,23H,14-15H2,1-4H3,(H,27,36)(H,28,34)(H,29,35)(H,31,32);2-3H2,1H3,(H3,5,6,7). The molecule has 45 heavy (non-hydrogen) atoms. The maximum Gasteiger partial charge on any atom is 0.435 e. The van der Waals surface area contributed by atoms with Crippen molar-refractivity contribution >= 4 is 47.2 Å². The summed E-state index contributed by atoms with van der Waals surface area (Å²) in [5.41, 5.74) is 9.61. The minimum atomic E-state index is -0.727. The number of benzene rings is 2. The summed E-state index contributed by atoms with van der Waals surface area (Å²) in [7, 11) is 0. The van der Waals surface area contributed by atoms with Crippen LogP contribution in [0, 0.1) is 5.92 Å². The first-order valence-electron chi connectivity index (χ1n) is 14.3. The number of primary amides is 1. The first-order chi connectivity index (χ1) is 21.4. The highest BCUT2D eigenvalue weighted by Crippen LogP contribution is 2.12. The molecule has 6 amide bonds. The Kier molecular flexibility index (Phi) is 14.5. The van der Waals surface area contributed by atoms with Crippen molar-refractivity contribution in [1.82, 2.24) is 26.4 Å². The van der Waals surface area contributed by atoms with E-state index >= 15 is 0 Å². The van der Waals surface area contributed by atoms with Crippen LogP contribution in [0.1, 0.15) is 52.2 Å². The van der Waals surface area contributed by atoms with Gasteiger partial charge in [-0.05, 0) is 37.0 Å². The Balaban J connectivity index is 0.000000900. The highest BCUT2D eigenvalue weighted by molar-refractivity contribution is 6.05. The van der Waals surface area contributed by atoms with Crippen molar-refractivity contribution in [3.05, 3.63) is 65.7 Å². The zero-order chi connectivity index (χ0) is 33.4. The fourth-order valence-electron chi connectivity index (χ4n) is 3.65. The van der Waals surface area contributed by atoms with Crippen molar-refractivity contribution in [2.45, 2.75) is 53.7 Å². The summed E-state index contributed by atoms with van der Waals surface area (Å²) in [6, 6.07) is 14.8. The van der Waals surface area contributed by atoms with Crippen LogP contribution >= 0.6 is 0 Å². The van der Waals surface area contributed by atoms with Gasteiger partial charge in [0.1, 0.15) is 12.6 Å². The lowest BCUT2D eigenvalue weighted by molar-refractivity contribution is -0.130. The molecular formula is C30H41N9O6. The molecule has 242 valence electrons. The molecule has 0 radical (unpaired) electrons. The Labute approximate surface area is 262 Å². The van der Waals surface area contributed by atoms with Crippen LogP contribution in [0.15, 0.2) is 64.8 Å². The van der Waals surface area contributed by atoms with Gasteiger partial charge in [-0.1, -0.05) is 63.2 Å². The zero-order valence-electron chi connectivity index (χ0n) is 26.0. The molecule has 2 aromatic rings. The number of carbonyl (C=O) groups excluding carboxylic acids is 5. The zero-order valence-corrected chi connectivity index (χ0v) is 26.0. The molecule has 1 heterocycles. The second kappa shape index (κ2) is 18.3. The molecule has 0 spiro atoms. The average molecular weight is 624 g/mol. The second-order valence-electron chi connectivity index (χ2n) is 10.1. The molecule has 0 saturated carbocycles. The topological polar surface area (TPSA) is 209 Å². The van der Waals surface area contributed by atoms with Gasteiger partial charge in [0.2, 0.25) is 17.7 Å². The van der Waals surface area contributed by atoms with Crippen LogP contribution in [0.25, 0.3) is 0 Å². The summed E-state index contributed by atoms with van der Waals surface area (Å²) in [6.45, 7) is 8.94. The number of hydrogen-bond acceptors (Lipinski definition) is 9. The van der Waals surface area contributed by atoms with Gasteiger partial charge in [0.25, 0.3) is 0 Å². The number of nitrogens with two attached hydrogens (primary N) is 1. The number of rotatable bonds is 11. The second-order valence-corrected chi connectivity index (χ2v) is 10.1. The summed E-state index contributed by atoms with van der Waals surface area (Å²) in [6.07, 6.45) is 0.282. The monoisotopic (exact) mass is 623 g/mol. The maximum absolute atomic E-state index is 12.6. The van der Waals surface area contributed by atoms with Crippen molar-refractivity contribution in [2.24, 2.45) is 21.9 Å². The minimum absolute atomic E-state index is 0.00781. The Hall–Kier alpha value is -5.47. The summed E-state index contributed by atoms with van der Waals surface area (Å²) in [5.74, 6) is -0.575. The third kappa shape index (κ3) is 12.7. The molecule has 1 atom stereocenters.